The maximum atomic E-state index is 12.0. The van der Waals surface area contributed by atoms with Crippen molar-refractivity contribution in [2.24, 2.45) is 5.73 Å². The van der Waals surface area contributed by atoms with E-state index in [-0.39, 0.29) is 18.1 Å². The maximum absolute atomic E-state index is 12.0. The Morgan fingerprint density at radius 3 is 2.38 bits per heavy atom. The number of nitrogens with two attached hydrogens (primary N) is 1. The molecule has 0 radical (unpaired) electrons. The van der Waals surface area contributed by atoms with Gasteiger partial charge in [0.2, 0.25) is 0 Å². The molecule has 2 saturated carbocycles. The van der Waals surface area contributed by atoms with E-state index in [1.807, 2.05) is 0 Å². The van der Waals surface area contributed by atoms with Gasteiger partial charge >= 0.3 is 0 Å². The van der Waals surface area contributed by atoms with Crippen molar-refractivity contribution in [2.75, 3.05) is 7.05 Å². The molecule has 2 rings (SSSR count). The molecule has 0 spiro atoms. The topological polar surface area (TPSA) is 75.4 Å². The summed E-state index contributed by atoms with van der Waals surface area (Å²) in [7, 11) is -1.69. The van der Waals surface area contributed by atoms with Crippen molar-refractivity contribution < 1.29 is 8.42 Å². The van der Waals surface area contributed by atoms with Gasteiger partial charge in [-0.2, -0.15) is 17.4 Å². The third-order valence-corrected chi connectivity index (χ3v) is 5.18. The summed E-state index contributed by atoms with van der Waals surface area (Å²) in [6.07, 6.45) is 5.91. The summed E-state index contributed by atoms with van der Waals surface area (Å²) in [5, 5.41) is 0. The first-order valence-corrected chi connectivity index (χ1v) is 7.45. The van der Waals surface area contributed by atoms with E-state index in [4.69, 9.17) is 5.73 Å². The largest absolute Gasteiger partial charge is 0.326 e. The molecule has 0 heterocycles. The molecule has 0 amide bonds. The van der Waals surface area contributed by atoms with E-state index >= 15 is 0 Å². The number of nitrogens with one attached hydrogen (secondary N) is 1. The van der Waals surface area contributed by atoms with Crippen LogP contribution in [0.3, 0.4) is 0 Å². The molecule has 5 nitrogen and oxygen atoms in total. The van der Waals surface area contributed by atoms with Gasteiger partial charge in [-0.1, -0.05) is 12.8 Å². The van der Waals surface area contributed by atoms with Crippen molar-refractivity contribution in [2.45, 2.75) is 56.7 Å². The van der Waals surface area contributed by atoms with E-state index in [2.05, 4.69) is 4.72 Å². The van der Waals surface area contributed by atoms with Crippen LogP contribution in [0.4, 0.5) is 0 Å². The quantitative estimate of drug-likeness (QED) is 0.744. The van der Waals surface area contributed by atoms with Crippen LogP contribution in [0, 0.1) is 0 Å². The highest BCUT2D eigenvalue weighted by atomic mass is 32.2. The van der Waals surface area contributed by atoms with Crippen LogP contribution in [0.2, 0.25) is 0 Å². The summed E-state index contributed by atoms with van der Waals surface area (Å²) in [6, 6.07) is 0.104. The Balaban J connectivity index is 2.01. The molecule has 0 aromatic heterocycles. The predicted molar refractivity (Wildman–Crippen MR) is 63.1 cm³/mol. The highest BCUT2D eigenvalue weighted by molar-refractivity contribution is 7.87. The minimum atomic E-state index is -3.33. The van der Waals surface area contributed by atoms with Gasteiger partial charge in [0.15, 0.2) is 0 Å². The molecule has 0 bridgehead atoms. The maximum Gasteiger partial charge on any atom is 0.279 e. The van der Waals surface area contributed by atoms with Crippen LogP contribution in [-0.2, 0) is 10.2 Å². The molecule has 0 aromatic rings. The van der Waals surface area contributed by atoms with E-state index in [1.54, 1.807) is 7.05 Å². The van der Waals surface area contributed by atoms with Gasteiger partial charge in [0.05, 0.1) is 0 Å². The van der Waals surface area contributed by atoms with Gasteiger partial charge in [-0.3, -0.25) is 0 Å². The van der Waals surface area contributed by atoms with Gasteiger partial charge in [-0.25, -0.2) is 0 Å². The Morgan fingerprint density at radius 1 is 1.19 bits per heavy atom. The van der Waals surface area contributed by atoms with Gasteiger partial charge in [-0.05, 0) is 25.7 Å². The molecule has 2 aliphatic rings. The van der Waals surface area contributed by atoms with Crippen LogP contribution < -0.4 is 10.5 Å². The highest BCUT2D eigenvalue weighted by Gasteiger charge is 2.35. The van der Waals surface area contributed by atoms with Crippen LogP contribution in [0.1, 0.15) is 38.5 Å². The number of likely N-dealkylation sites (N-methyl/N-ethyl adjacent to an activating group) is 1. The first-order chi connectivity index (χ1) is 7.50. The average molecular weight is 247 g/mol. The molecule has 2 atom stereocenters. The molecule has 2 aliphatic carbocycles. The lowest BCUT2D eigenvalue weighted by Gasteiger charge is -2.35. The first kappa shape index (κ1) is 12.3. The smallest absolute Gasteiger partial charge is 0.279 e. The van der Waals surface area contributed by atoms with Crippen molar-refractivity contribution in [1.29, 1.82) is 0 Å². The Morgan fingerprint density at radius 2 is 1.81 bits per heavy atom. The molecule has 3 N–H and O–H groups in total. The van der Waals surface area contributed by atoms with Crippen molar-refractivity contribution >= 4 is 10.2 Å². The Kier molecular flexibility index (Phi) is 3.53. The lowest BCUT2D eigenvalue weighted by Crippen LogP contribution is -2.53. The molecular weight excluding hydrogens is 226 g/mol. The SMILES string of the molecule is CN(C1CCCCC1N)S(=O)(=O)NC1CC1. The Hall–Kier alpha value is -0.170. The van der Waals surface area contributed by atoms with Gasteiger partial charge in [0, 0.05) is 25.2 Å². The minimum absolute atomic E-state index is 0.0190. The fourth-order valence-corrected chi connectivity index (χ4v) is 3.71. The van der Waals surface area contributed by atoms with E-state index < -0.39 is 10.2 Å². The van der Waals surface area contributed by atoms with Crippen molar-refractivity contribution in [3.8, 4) is 0 Å². The number of hydrogen-bond donors (Lipinski definition) is 2. The highest BCUT2D eigenvalue weighted by Crippen LogP contribution is 2.25. The zero-order valence-corrected chi connectivity index (χ0v) is 10.5. The summed E-state index contributed by atoms with van der Waals surface area (Å²) in [5.74, 6) is 0. The van der Waals surface area contributed by atoms with E-state index in [0.29, 0.717) is 0 Å². The summed E-state index contributed by atoms with van der Waals surface area (Å²) in [5.41, 5.74) is 5.99. The van der Waals surface area contributed by atoms with Gasteiger partial charge in [0.25, 0.3) is 10.2 Å². The number of rotatable bonds is 4. The lowest BCUT2D eigenvalue weighted by molar-refractivity contribution is 0.250. The van der Waals surface area contributed by atoms with Crippen LogP contribution in [0.5, 0.6) is 0 Å². The molecule has 0 aromatic carbocycles. The van der Waals surface area contributed by atoms with Crippen molar-refractivity contribution in [1.82, 2.24) is 9.03 Å². The van der Waals surface area contributed by atoms with Crippen LogP contribution >= 0.6 is 0 Å². The minimum Gasteiger partial charge on any atom is -0.326 e. The molecule has 2 unspecified atom stereocenters. The van der Waals surface area contributed by atoms with Gasteiger partial charge < -0.3 is 5.73 Å². The fourth-order valence-electron chi connectivity index (χ4n) is 2.26. The van der Waals surface area contributed by atoms with Crippen molar-refractivity contribution in [3.05, 3.63) is 0 Å². The standard InChI is InChI=1S/C10H21N3O2S/c1-13(10-5-3-2-4-9(10)11)16(14,15)12-8-6-7-8/h8-10,12H,2-7,11H2,1H3. The van der Waals surface area contributed by atoms with Gasteiger partial charge in [-0.15, -0.1) is 0 Å². The second kappa shape index (κ2) is 4.60. The van der Waals surface area contributed by atoms with Crippen LogP contribution in [0.25, 0.3) is 0 Å². The normalized spacial score (nSPS) is 31.9. The molecule has 2 fully saturated rings. The summed E-state index contributed by atoms with van der Waals surface area (Å²) in [4.78, 5) is 0. The summed E-state index contributed by atoms with van der Waals surface area (Å²) >= 11 is 0. The summed E-state index contributed by atoms with van der Waals surface area (Å²) in [6.45, 7) is 0. The second-order valence-corrected chi connectivity index (χ2v) is 6.69. The predicted octanol–water partition coefficient (Wildman–Crippen LogP) is 0.185. The lowest BCUT2D eigenvalue weighted by atomic mass is 9.91. The molecule has 0 aliphatic heterocycles. The fraction of sp³-hybridized carbons (Fsp3) is 1.00. The molecule has 16 heavy (non-hydrogen) atoms. The zero-order chi connectivity index (χ0) is 11.8. The average Bonchev–Trinajstić information content (AvgIpc) is 3.01. The monoisotopic (exact) mass is 247 g/mol. The Labute approximate surface area is 97.6 Å². The van der Waals surface area contributed by atoms with Gasteiger partial charge in [0.1, 0.15) is 0 Å². The van der Waals surface area contributed by atoms with E-state index in [9.17, 15) is 8.42 Å². The van der Waals surface area contributed by atoms with E-state index in [0.717, 1.165) is 38.5 Å². The first-order valence-electron chi connectivity index (χ1n) is 6.01. The number of hydrogen-bond acceptors (Lipinski definition) is 3. The molecular formula is C10H21N3O2S. The third-order valence-electron chi connectivity index (χ3n) is 3.52. The van der Waals surface area contributed by atoms with E-state index in [1.165, 1.54) is 4.31 Å². The molecule has 94 valence electrons. The summed E-state index contributed by atoms with van der Waals surface area (Å²) < 4.78 is 28.1. The zero-order valence-electron chi connectivity index (χ0n) is 9.72. The second-order valence-electron chi connectivity index (χ2n) is 4.93. The molecule has 6 heteroatoms. The van der Waals surface area contributed by atoms with Crippen LogP contribution in [-0.4, -0.2) is 37.9 Å². The van der Waals surface area contributed by atoms with Crippen molar-refractivity contribution in [3.63, 3.8) is 0 Å². The molecule has 0 saturated heterocycles. The van der Waals surface area contributed by atoms with Crippen LogP contribution in [0.15, 0.2) is 0 Å². The number of nitrogens with zero attached hydrogens (tertiary/aromatic N) is 1. The Bertz CT molecular complexity index is 340. The third kappa shape index (κ3) is 2.74.